The Labute approximate surface area is 97.0 Å². The maximum absolute atomic E-state index is 11.0. The van der Waals surface area contributed by atoms with Gasteiger partial charge in [-0.1, -0.05) is 11.8 Å². The predicted octanol–water partition coefficient (Wildman–Crippen LogP) is 1.59. The number of rotatable bonds is 4. The monoisotopic (exact) mass is 244 g/mol. The highest BCUT2D eigenvalue weighted by Gasteiger charge is 2.24. The molecule has 1 aliphatic rings. The molecule has 1 aliphatic heterocycles. The van der Waals surface area contributed by atoms with Gasteiger partial charge in [0.1, 0.15) is 0 Å². The quantitative estimate of drug-likeness (QED) is 0.592. The summed E-state index contributed by atoms with van der Waals surface area (Å²) in [6, 6.07) is 1.79. The van der Waals surface area contributed by atoms with Gasteiger partial charge in [-0.05, 0) is 6.07 Å². The second kappa shape index (κ2) is 5.38. The molecule has 2 heterocycles. The van der Waals surface area contributed by atoms with E-state index in [9.17, 15) is 4.79 Å². The lowest BCUT2D eigenvalue weighted by Gasteiger charge is -2.08. The zero-order valence-corrected chi connectivity index (χ0v) is 9.62. The Bertz CT molecular complexity index is 356. The van der Waals surface area contributed by atoms with Gasteiger partial charge in [0, 0.05) is 0 Å². The fourth-order valence-corrected chi connectivity index (χ4v) is 2.14. The van der Waals surface area contributed by atoms with Gasteiger partial charge in [-0.15, -0.1) is 0 Å². The Morgan fingerprint density at radius 1 is 1.56 bits per heavy atom. The number of thioether (sulfide) groups is 1. The van der Waals surface area contributed by atoms with Gasteiger partial charge in [-0.3, -0.25) is 4.79 Å². The first-order chi connectivity index (χ1) is 7.81. The van der Waals surface area contributed by atoms with E-state index in [0.717, 1.165) is 5.56 Å². The van der Waals surface area contributed by atoms with E-state index in [2.05, 4.69) is 4.74 Å². The SMILES string of the molecule is COC(=O)CSc1occc1C1OCCO1. The molecule has 88 valence electrons. The molecule has 0 atom stereocenters. The average Bonchev–Trinajstić information content (AvgIpc) is 2.95. The molecular weight excluding hydrogens is 232 g/mol. The van der Waals surface area contributed by atoms with Crippen LogP contribution in [0.3, 0.4) is 0 Å². The minimum atomic E-state index is -0.376. The molecule has 1 saturated heterocycles. The summed E-state index contributed by atoms with van der Waals surface area (Å²) in [5.74, 6) is -0.0791. The van der Waals surface area contributed by atoms with E-state index in [4.69, 9.17) is 13.9 Å². The Hall–Kier alpha value is -0.980. The Kier molecular flexibility index (Phi) is 3.87. The molecule has 5 nitrogen and oxygen atoms in total. The van der Waals surface area contributed by atoms with Crippen molar-refractivity contribution >= 4 is 17.7 Å². The number of carbonyl (C=O) groups is 1. The minimum Gasteiger partial charge on any atom is -0.468 e. The molecule has 16 heavy (non-hydrogen) atoms. The molecular formula is C10H12O5S. The number of hydrogen-bond donors (Lipinski definition) is 0. The van der Waals surface area contributed by atoms with Crippen LogP contribution in [0.4, 0.5) is 0 Å². The number of methoxy groups -OCH3 is 1. The van der Waals surface area contributed by atoms with Gasteiger partial charge >= 0.3 is 5.97 Å². The summed E-state index contributed by atoms with van der Waals surface area (Å²) in [4.78, 5) is 11.0. The van der Waals surface area contributed by atoms with Gasteiger partial charge in [0.2, 0.25) is 0 Å². The molecule has 0 unspecified atom stereocenters. The fraction of sp³-hybridized carbons (Fsp3) is 0.500. The summed E-state index contributed by atoms with van der Waals surface area (Å²) in [6.07, 6.45) is 1.18. The van der Waals surface area contributed by atoms with Gasteiger partial charge in [0.15, 0.2) is 11.4 Å². The molecule has 0 aliphatic carbocycles. The zero-order chi connectivity index (χ0) is 11.4. The summed E-state index contributed by atoms with van der Waals surface area (Å²) in [5.41, 5.74) is 0.825. The average molecular weight is 244 g/mol. The zero-order valence-electron chi connectivity index (χ0n) is 8.80. The summed E-state index contributed by atoms with van der Waals surface area (Å²) in [7, 11) is 1.36. The largest absolute Gasteiger partial charge is 0.468 e. The highest BCUT2D eigenvalue weighted by Crippen LogP contribution is 2.33. The lowest BCUT2D eigenvalue weighted by Crippen LogP contribution is -2.04. The number of furan rings is 1. The van der Waals surface area contributed by atoms with Crippen molar-refractivity contribution in [3.05, 3.63) is 17.9 Å². The number of ether oxygens (including phenoxy) is 3. The van der Waals surface area contributed by atoms with Crippen molar-refractivity contribution in [2.24, 2.45) is 0 Å². The third kappa shape index (κ3) is 2.58. The molecule has 6 heteroatoms. The van der Waals surface area contributed by atoms with Gasteiger partial charge in [-0.25, -0.2) is 0 Å². The van der Waals surface area contributed by atoms with E-state index in [-0.39, 0.29) is 18.0 Å². The third-order valence-corrected chi connectivity index (χ3v) is 3.06. The number of hydrogen-bond acceptors (Lipinski definition) is 6. The molecule has 2 rings (SSSR count). The van der Waals surface area contributed by atoms with Crippen molar-refractivity contribution in [3.63, 3.8) is 0 Å². The van der Waals surface area contributed by atoms with Crippen molar-refractivity contribution < 1.29 is 23.4 Å². The van der Waals surface area contributed by atoms with Crippen LogP contribution in [0, 0.1) is 0 Å². The van der Waals surface area contributed by atoms with Crippen molar-refractivity contribution in [2.75, 3.05) is 26.1 Å². The fourth-order valence-electron chi connectivity index (χ4n) is 1.32. The first-order valence-electron chi connectivity index (χ1n) is 4.81. The van der Waals surface area contributed by atoms with Crippen molar-refractivity contribution in [2.45, 2.75) is 11.4 Å². The predicted molar refractivity (Wildman–Crippen MR) is 56.1 cm³/mol. The van der Waals surface area contributed by atoms with Crippen molar-refractivity contribution in [1.29, 1.82) is 0 Å². The highest BCUT2D eigenvalue weighted by atomic mass is 32.2. The van der Waals surface area contributed by atoms with Crippen LogP contribution in [0.5, 0.6) is 0 Å². The van der Waals surface area contributed by atoms with E-state index < -0.39 is 0 Å². The highest BCUT2D eigenvalue weighted by molar-refractivity contribution is 7.99. The van der Waals surface area contributed by atoms with Gasteiger partial charge in [-0.2, -0.15) is 0 Å². The minimum absolute atomic E-state index is 0.212. The maximum Gasteiger partial charge on any atom is 0.316 e. The van der Waals surface area contributed by atoms with E-state index in [1.54, 1.807) is 12.3 Å². The lowest BCUT2D eigenvalue weighted by molar-refractivity contribution is -0.137. The topological polar surface area (TPSA) is 57.9 Å². The van der Waals surface area contributed by atoms with E-state index in [0.29, 0.717) is 18.3 Å². The van der Waals surface area contributed by atoms with Crippen LogP contribution >= 0.6 is 11.8 Å². The Balaban J connectivity index is 1.98. The van der Waals surface area contributed by atoms with Crippen LogP contribution in [-0.2, 0) is 19.0 Å². The first kappa shape index (κ1) is 11.5. The smallest absolute Gasteiger partial charge is 0.316 e. The number of esters is 1. The van der Waals surface area contributed by atoms with Crippen molar-refractivity contribution in [1.82, 2.24) is 0 Å². The summed E-state index contributed by atoms with van der Waals surface area (Å²) in [5, 5.41) is 0.636. The molecule has 1 aromatic heterocycles. The van der Waals surface area contributed by atoms with Gasteiger partial charge < -0.3 is 18.6 Å². The van der Waals surface area contributed by atoms with Crippen LogP contribution in [0.15, 0.2) is 21.8 Å². The van der Waals surface area contributed by atoms with Gasteiger partial charge in [0.25, 0.3) is 0 Å². The Morgan fingerprint density at radius 2 is 2.31 bits per heavy atom. The van der Waals surface area contributed by atoms with Crippen LogP contribution < -0.4 is 0 Å². The molecule has 0 spiro atoms. The molecule has 1 aromatic rings. The molecule has 0 saturated carbocycles. The first-order valence-corrected chi connectivity index (χ1v) is 5.80. The van der Waals surface area contributed by atoms with E-state index in [1.807, 2.05) is 0 Å². The van der Waals surface area contributed by atoms with Crippen molar-refractivity contribution in [3.8, 4) is 0 Å². The number of carbonyl (C=O) groups excluding carboxylic acids is 1. The standard InChI is InChI=1S/C10H12O5S/c1-12-8(11)6-16-10-7(2-3-15-10)9-13-4-5-14-9/h2-3,9H,4-6H2,1H3. The molecule has 0 radical (unpaired) electrons. The van der Waals surface area contributed by atoms with E-state index >= 15 is 0 Å². The molecule has 1 fully saturated rings. The molecule has 0 aromatic carbocycles. The second-order valence-electron chi connectivity index (χ2n) is 3.10. The normalized spacial score (nSPS) is 16.6. The van der Waals surface area contributed by atoms with Crippen LogP contribution in [0.25, 0.3) is 0 Å². The van der Waals surface area contributed by atoms with Crippen LogP contribution in [0.1, 0.15) is 11.9 Å². The summed E-state index contributed by atoms with van der Waals surface area (Å²) < 4.78 is 20.5. The molecule has 0 bridgehead atoms. The molecule has 0 N–H and O–H groups in total. The molecule has 0 amide bonds. The summed E-state index contributed by atoms with van der Waals surface area (Å²) in [6.45, 7) is 1.16. The maximum atomic E-state index is 11.0. The van der Waals surface area contributed by atoms with Crippen LogP contribution in [-0.4, -0.2) is 32.0 Å². The lowest BCUT2D eigenvalue weighted by atomic mass is 10.3. The Morgan fingerprint density at radius 3 is 3.00 bits per heavy atom. The van der Waals surface area contributed by atoms with E-state index in [1.165, 1.54) is 18.9 Å². The third-order valence-electron chi connectivity index (χ3n) is 2.08. The second-order valence-corrected chi connectivity index (χ2v) is 4.05. The summed E-state index contributed by atoms with van der Waals surface area (Å²) >= 11 is 1.27. The van der Waals surface area contributed by atoms with Gasteiger partial charge in [0.05, 0.1) is 37.9 Å². The van der Waals surface area contributed by atoms with Crippen LogP contribution in [0.2, 0.25) is 0 Å².